The molecule has 0 bridgehead atoms. The highest BCUT2D eigenvalue weighted by Crippen LogP contribution is 2.19. The Morgan fingerprint density at radius 2 is 2.35 bits per heavy atom. The molecule has 1 amide bonds. The fourth-order valence-electron chi connectivity index (χ4n) is 2.53. The van der Waals surface area contributed by atoms with Crippen molar-refractivity contribution >= 4 is 23.6 Å². The van der Waals surface area contributed by atoms with E-state index in [0.717, 1.165) is 57.2 Å². The minimum absolute atomic E-state index is 0.196. The fraction of sp³-hybridized carbons (Fsp3) is 0.857. The molecule has 0 spiro atoms. The molecule has 1 fully saturated rings. The van der Waals surface area contributed by atoms with Crippen LogP contribution in [0.3, 0.4) is 0 Å². The number of thioether (sulfide) groups is 1. The molecule has 3 N–H and O–H groups in total. The molecule has 0 aromatic rings. The second-order valence-electron chi connectivity index (χ2n) is 5.21. The standard InChI is InChI=1S/C14H28N4OS/c1-3-16-14(17-7-5-9-20-2)18-8-4-6-12(11-18)10-13(15)19/h12H,3-11H2,1-2H3,(H2,15,19)(H,16,17). The van der Waals surface area contributed by atoms with Crippen LogP contribution in [0.25, 0.3) is 0 Å². The van der Waals surface area contributed by atoms with Crippen molar-refractivity contribution in [2.45, 2.75) is 32.6 Å². The number of nitrogens with one attached hydrogen (secondary N) is 1. The van der Waals surface area contributed by atoms with E-state index in [1.54, 1.807) is 0 Å². The zero-order chi connectivity index (χ0) is 14.8. The van der Waals surface area contributed by atoms with Crippen LogP contribution in [0.15, 0.2) is 4.99 Å². The van der Waals surface area contributed by atoms with Gasteiger partial charge in [-0.3, -0.25) is 9.79 Å². The Bertz CT molecular complexity index is 322. The molecule has 0 aromatic heterocycles. The number of primary amides is 1. The second-order valence-corrected chi connectivity index (χ2v) is 6.19. The number of piperidine rings is 1. The van der Waals surface area contributed by atoms with Crippen molar-refractivity contribution in [3.05, 3.63) is 0 Å². The maximum atomic E-state index is 11.1. The van der Waals surface area contributed by atoms with Crippen molar-refractivity contribution in [3.8, 4) is 0 Å². The van der Waals surface area contributed by atoms with Crippen LogP contribution in [0.2, 0.25) is 0 Å². The quantitative estimate of drug-likeness (QED) is 0.422. The van der Waals surface area contributed by atoms with E-state index in [0.29, 0.717) is 12.3 Å². The van der Waals surface area contributed by atoms with Gasteiger partial charge in [0, 0.05) is 32.6 Å². The van der Waals surface area contributed by atoms with E-state index < -0.39 is 0 Å². The van der Waals surface area contributed by atoms with Gasteiger partial charge in [-0.25, -0.2) is 0 Å². The van der Waals surface area contributed by atoms with Crippen molar-refractivity contribution in [2.24, 2.45) is 16.6 Å². The molecule has 1 rings (SSSR count). The largest absolute Gasteiger partial charge is 0.370 e. The number of hydrogen-bond acceptors (Lipinski definition) is 3. The average Bonchev–Trinajstić information content (AvgIpc) is 2.42. The van der Waals surface area contributed by atoms with Gasteiger partial charge in [-0.1, -0.05) is 0 Å². The lowest BCUT2D eigenvalue weighted by Gasteiger charge is -2.34. The number of rotatable bonds is 7. The Labute approximate surface area is 126 Å². The molecule has 0 saturated carbocycles. The molecule has 1 atom stereocenters. The van der Waals surface area contributed by atoms with E-state index in [1.165, 1.54) is 0 Å². The van der Waals surface area contributed by atoms with Crippen molar-refractivity contribution < 1.29 is 4.79 Å². The van der Waals surface area contributed by atoms with Crippen molar-refractivity contribution in [2.75, 3.05) is 38.2 Å². The lowest BCUT2D eigenvalue weighted by molar-refractivity contribution is -0.119. The number of hydrogen-bond donors (Lipinski definition) is 2. The van der Waals surface area contributed by atoms with Gasteiger partial charge in [-0.05, 0) is 44.1 Å². The number of carbonyl (C=O) groups excluding carboxylic acids is 1. The van der Waals surface area contributed by atoms with Gasteiger partial charge in [-0.15, -0.1) is 0 Å². The molecule has 20 heavy (non-hydrogen) atoms. The highest BCUT2D eigenvalue weighted by Gasteiger charge is 2.23. The summed E-state index contributed by atoms with van der Waals surface area (Å²) in [5.74, 6) is 2.31. The Morgan fingerprint density at radius 1 is 1.55 bits per heavy atom. The summed E-state index contributed by atoms with van der Waals surface area (Å²) in [6.45, 7) is 5.72. The monoisotopic (exact) mass is 300 g/mol. The van der Waals surface area contributed by atoms with Gasteiger partial charge in [0.2, 0.25) is 5.91 Å². The number of nitrogens with two attached hydrogens (primary N) is 1. The third-order valence-electron chi connectivity index (χ3n) is 3.41. The molecule has 5 nitrogen and oxygen atoms in total. The highest BCUT2D eigenvalue weighted by molar-refractivity contribution is 7.98. The number of nitrogens with zero attached hydrogens (tertiary/aromatic N) is 2. The third kappa shape index (κ3) is 6.50. The molecule has 1 heterocycles. The molecule has 0 aromatic carbocycles. The van der Waals surface area contributed by atoms with Crippen LogP contribution >= 0.6 is 11.8 Å². The average molecular weight is 300 g/mol. The minimum Gasteiger partial charge on any atom is -0.370 e. The Morgan fingerprint density at radius 3 is 3.00 bits per heavy atom. The summed E-state index contributed by atoms with van der Waals surface area (Å²) >= 11 is 1.85. The number of carbonyl (C=O) groups is 1. The predicted octanol–water partition coefficient (Wildman–Crippen LogP) is 1.29. The van der Waals surface area contributed by atoms with Gasteiger partial charge in [0.25, 0.3) is 0 Å². The van der Waals surface area contributed by atoms with Gasteiger partial charge in [0.05, 0.1) is 0 Å². The molecular formula is C14H28N4OS. The van der Waals surface area contributed by atoms with Gasteiger partial charge >= 0.3 is 0 Å². The summed E-state index contributed by atoms with van der Waals surface area (Å²) in [6, 6.07) is 0. The first-order valence-electron chi connectivity index (χ1n) is 7.47. The van der Waals surface area contributed by atoms with Crippen molar-refractivity contribution in [1.82, 2.24) is 10.2 Å². The van der Waals surface area contributed by atoms with Crippen LogP contribution in [0.5, 0.6) is 0 Å². The van der Waals surface area contributed by atoms with Crippen LogP contribution in [-0.4, -0.2) is 55.0 Å². The minimum atomic E-state index is -0.196. The summed E-state index contributed by atoms with van der Waals surface area (Å²) < 4.78 is 0. The van der Waals surface area contributed by atoms with Crippen LogP contribution in [-0.2, 0) is 4.79 Å². The van der Waals surface area contributed by atoms with Crippen molar-refractivity contribution in [3.63, 3.8) is 0 Å². The number of likely N-dealkylation sites (tertiary alicyclic amines) is 1. The fourth-order valence-corrected chi connectivity index (χ4v) is 2.95. The van der Waals surface area contributed by atoms with E-state index in [4.69, 9.17) is 10.7 Å². The summed E-state index contributed by atoms with van der Waals surface area (Å²) in [4.78, 5) is 18.0. The zero-order valence-corrected chi connectivity index (χ0v) is 13.5. The SMILES string of the molecule is CCNC(=NCCCSC)N1CCCC(CC(N)=O)C1. The molecular weight excluding hydrogens is 272 g/mol. The van der Waals surface area contributed by atoms with Crippen LogP contribution in [0.4, 0.5) is 0 Å². The van der Waals surface area contributed by atoms with E-state index in [2.05, 4.69) is 23.4 Å². The first-order valence-corrected chi connectivity index (χ1v) is 8.87. The molecule has 1 aliphatic rings. The first-order chi connectivity index (χ1) is 9.67. The lowest BCUT2D eigenvalue weighted by Crippen LogP contribution is -2.47. The maximum absolute atomic E-state index is 11.1. The highest BCUT2D eigenvalue weighted by atomic mass is 32.2. The molecule has 1 saturated heterocycles. The van der Waals surface area contributed by atoms with Gasteiger partial charge in [-0.2, -0.15) is 11.8 Å². The Kier molecular flexibility index (Phi) is 8.49. The molecule has 116 valence electrons. The Hall–Kier alpha value is -0.910. The summed E-state index contributed by atoms with van der Waals surface area (Å²) in [7, 11) is 0. The van der Waals surface area contributed by atoms with Crippen LogP contribution in [0.1, 0.15) is 32.6 Å². The van der Waals surface area contributed by atoms with Crippen LogP contribution < -0.4 is 11.1 Å². The summed E-state index contributed by atoms with van der Waals surface area (Å²) in [5.41, 5.74) is 5.31. The second kappa shape index (κ2) is 9.91. The van der Waals surface area contributed by atoms with Gasteiger partial charge < -0.3 is 16.0 Å². The predicted molar refractivity (Wildman–Crippen MR) is 87.1 cm³/mol. The molecule has 0 aliphatic carbocycles. The van der Waals surface area contributed by atoms with Crippen molar-refractivity contribution in [1.29, 1.82) is 0 Å². The smallest absolute Gasteiger partial charge is 0.217 e. The van der Waals surface area contributed by atoms with E-state index in [9.17, 15) is 4.79 Å². The summed E-state index contributed by atoms with van der Waals surface area (Å²) in [6.07, 6.45) is 5.91. The van der Waals surface area contributed by atoms with Gasteiger partial charge in [0.1, 0.15) is 0 Å². The molecule has 1 unspecified atom stereocenters. The topological polar surface area (TPSA) is 70.7 Å². The lowest BCUT2D eigenvalue weighted by atomic mass is 9.95. The van der Waals surface area contributed by atoms with Gasteiger partial charge in [0.15, 0.2) is 5.96 Å². The number of amides is 1. The first kappa shape index (κ1) is 17.1. The van der Waals surface area contributed by atoms with E-state index in [1.807, 2.05) is 11.8 Å². The molecule has 1 aliphatic heterocycles. The normalized spacial score (nSPS) is 20.0. The van der Waals surface area contributed by atoms with E-state index >= 15 is 0 Å². The van der Waals surface area contributed by atoms with E-state index in [-0.39, 0.29) is 5.91 Å². The molecule has 0 radical (unpaired) electrons. The van der Waals surface area contributed by atoms with Crippen LogP contribution in [0, 0.1) is 5.92 Å². The number of aliphatic imine (C=N–C) groups is 1. The number of guanidine groups is 1. The summed E-state index contributed by atoms with van der Waals surface area (Å²) in [5, 5.41) is 3.36. The molecule has 6 heteroatoms. The zero-order valence-electron chi connectivity index (χ0n) is 12.7. The maximum Gasteiger partial charge on any atom is 0.217 e. The Balaban J connectivity index is 2.53. The third-order valence-corrected chi connectivity index (χ3v) is 4.11.